The maximum atomic E-state index is 5.15. The Labute approximate surface area is 89.0 Å². The molecular weight excluding hydrogens is 147 g/mol. The van der Waals surface area contributed by atoms with Gasteiger partial charge in [-0.2, -0.15) is 0 Å². The summed E-state index contributed by atoms with van der Waals surface area (Å²) in [6, 6.07) is 0. The van der Waals surface area contributed by atoms with Gasteiger partial charge in [0.2, 0.25) is 0 Å². The van der Waals surface area contributed by atoms with Crippen molar-refractivity contribution in [2.24, 2.45) is 0 Å². The van der Waals surface area contributed by atoms with Crippen molar-refractivity contribution in [1.82, 2.24) is 0 Å². The Kier molecular flexibility index (Phi) is 17.0. The number of rotatable bonds is 7. The Morgan fingerprint density at radius 1 is 1.17 bits per heavy atom. The van der Waals surface area contributed by atoms with Crippen molar-refractivity contribution in [2.45, 2.75) is 26.7 Å². The minimum atomic E-state index is 0. The van der Waals surface area contributed by atoms with E-state index < -0.39 is 0 Å². The van der Waals surface area contributed by atoms with Crippen LogP contribution in [0.1, 0.15) is 28.1 Å². The second-order valence-corrected chi connectivity index (χ2v) is 2.19. The van der Waals surface area contributed by atoms with Gasteiger partial charge in [0.1, 0.15) is 6.79 Å². The molecule has 0 amide bonds. The maximum absolute atomic E-state index is 5.15. The van der Waals surface area contributed by atoms with Crippen LogP contribution < -0.4 is 18.9 Å². The first-order valence-corrected chi connectivity index (χ1v) is 4.22. The van der Waals surface area contributed by atoms with Crippen LogP contribution in [0.25, 0.3) is 0 Å². The van der Waals surface area contributed by atoms with Gasteiger partial charge in [-0.25, -0.2) is 0 Å². The summed E-state index contributed by atoms with van der Waals surface area (Å²) in [5, 5.41) is 0. The summed E-state index contributed by atoms with van der Waals surface area (Å²) in [6.07, 6.45) is 6.36. The summed E-state index contributed by atoms with van der Waals surface area (Å²) < 4.78 is 10.1. The number of hydrogen-bond acceptors (Lipinski definition) is 2. The molecule has 0 heterocycles. The molecular formula is C9H19LiO2. The Morgan fingerprint density at radius 3 is 2.50 bits per heavy atom. The molecule has 0 fully saturated rings. The fourth-order valence-electron chi connectivity index (χ4n) is 0.637. The monoisotopic (exact) mass is 166 g/mol. The first-order valence-electron chi connectivity index (χ1n) is 4.22. The van der Waals surface area contributed by atoms with E-state index in [9.17, 15) is 0 Å². The molecule has 68 valence electrons. The zero-order valence-corrected chi connectivity index (χ0v) is 8.51. The third kappa shape index (κ3) is 12.9. The van der Waals surface area contributed by atoms with Gasteiger partial charge in [0, 0.05) is 6.61 Å². The maximum Gasteiger partial charge on any atom is 1.00 e. The van der Waals surface area contributed by atoms with Gasteiger partial charge < -0.3 is 10.9 Å². The van der Waals surface area contributed by atoms with Crippen molar-refractivity contribution >= 4 is 0 Å². The number of ether oxygens (including phenoxy) is 2. The normalized spacial score (nSPS) is 10.2. The van der Waals surface area contributed by atoms with Crippen LogP contribution in [0.5, 0.6) is 0 Å². The number of hydrogen-bond donors (Lipinski definition) is 0. The zero-order chi connectivity index (χ0) is 8.36. The summed E-state index contributed by atoms with van der Waals surface area (Å²) in [7, 11) is 0. The molecule has 12 heavy (non-hydrogen) atoms. The quantitative estimate of drug-likeness (QED) is 0.219. The van der Waals surface area contributed by atoms with Crippen molar-refractivity contribution in [1.29, 1.82) is 0 Å². The average molecular weight is 166 g/mol. The minimum Gasteiger partial charge on any atom is -1.00 e. The van der Waals surface area contributed by atoms with Crippen LogP contribution in [0, 0.1) is 0 Å². The summed E-state index contributed by atoms with van der Waals surface area (Å²) in [4.78, 5) is 0. The number of allylic oxidation sites excluding steroid dienone is 1. The molecule has 0 saturated heterocycles. The van der Waals surface area contributed by atoms with E-state index in [-0.39, 0.29) is 20.3 Å². The Hall–Kier alpha value is 0.257. The molecule has 0 aromatic rings. The van der Waals surface area contributed by atoms with Crippen LogP contribution >= 0.6 is 0 Å². The van der Waals surface area contributed by atoms with Gasteiger partial charge in [-0.05, 0) is 19.8 Å². The molecule has 0 aromatic carbocycles. The molecule has 0 atom stereocenters. The first kappa shape index (κ1) is 14.8. The summed E-state index contributed by atoms with van der Waals surface area (Å²) in [5.41, 5.74) is 0. The van der Waals surface area contributed by atoms with E-state index in [1.54, 1.807) is 0 Å². The van der Waals surface area contributed by atoms with Crippen LogP contribution in [0.3, 0.4) is 0 Å². The van der Waals surface area contributed by atoms with Crippen LogP contribution in [0.2, 0.25) is 0 Å². The molecule has 3 heteroatoms. The third-order valence-electron chi connectivity index (χ3n) is 1.20. The summed E-state index contributed by atoms with van der Waals surface area (Å²) >= 11 is 0. The topological polar surface area (TPSA) is 18.5 Å². The van der Waals surface area contributed by atoms with Gasteiger partial charge in [0.15, 0.2) is 0 Å². The SMILES string of the molecule is CC/C=C\CCOCOCC.[H-].[Li+]. The van der Waals surface area contributed by atoms with Crippen LogP contribution in [0.15, 0.2) is 12.2 Å². The van der Waals surface area contributed by atoms with Crippen LogP contribution in [0.4, 0.5) is 0 Å². The minimum absolute atomic E-state index is 0. The van der Waals surface area contributed by atoms with E-state index in [0.29, 0.717) is 6.79 Å². The van der Waals surface area contributed by atoms with Crippen molar-refractivity contribution < 1.29 is 29.8 Å². The van der Waals surface area contributed by atoms with E-state index in [1.807, 2.05) is 6.92 Å². The van der Waals surface area contributed by atoms with Gasteiger partial charge in [-0.3, -0.25) is 0 Å². The molecule has 0 aliphatic rings. The van der Waals surface area contributed by atoms with E-state index in [2.05, 4.69) is 19.1 Å². The molecule has 0 radical (unpaired) electrons. The molecule has 0 saturated carbocycles. The fourth-order valence-corrected chi connectivity index (χ4v) is 0.637. The molecule has 2 nitrogen and oxygen atoms in total. The molecule has 0 unspecified atom stereocenters. The van der Waals surface area contributed by atoms with Crippen LogP contribution in [-0.2, 0) is 9.47 Å². The van der Waals surface area contributed by atoms with E-state index in [1.165, 1.54) is 0 Å². The second kappa shape index (κ2) is 13.8. The van der Waals surface area contributed by atoms with E-state index in [4.69, 9.17) is 9.47 Å². The van der Waals surface area contributed by atoms with Crippen molar-refractivity contribution in [3.05, 3.63) is 12.2 Å². The molecule has 0 spiro atoms. The first-order chi connectivity index (χ1) is 5.41. The van der Waals surface area contributed by atoms with Gasteiger partial charge in [0.25, 0.3) is 0 Å². The van der Waals surface area contributed by atoms with E-state index >= 15 is 0 Å². The Bertz CT molecular complexity index is 99.6. The summed E-state index contributed by atoms with van der Waals surface area (Å²) in [5.74, 6) is 0. The predicted molar refractivity (Wildman–Crippen MR) is 47.6 cm³/mol. The predicted octanol–water partition coefficient (Wildman–Crippen LogP) is -0.530. The van der Waals surface area contributed by atoms with Crippen molar-refractivity contribution in [3.63, 3.8) is 0 Å². The smallest absolute Gasteiger partial charge is 1.00 e. The molecule has 0 rings (SSSR count). The Balaban J connectivity index is -0.000000500. The summed E-state index contributed by atoms with van der Waals surface area (Å²) in [6.45, 7) is 6.00. The van der Waals surface area contributed by atoms with Gasteiger partial charge in [-0.15, -0.1) is 0 Å². The Morgan fingerprint density at radius 2 is 1.92 bits per heavy atom. The largest absolute Gasteiger partial charge is 1.00 e. The molecule has 0 aromatic heterocycles. The van der Waals surface area contributed by atoms with Gasteiger partial charge in [-0.1, -0.05) is 19.1 Å². The standard InChI is InChI=1S/C9H18O2.Li.H/c1-3-5-6-7-8-11-9-10-4-2;;/h5-6H,3-4,7-9H2,1-2H3;;/q;+1;-1/b6-5-;;. The van der Waals surface area contributed by atoms with Gasteiger partial charge >= 0.3 is 18.9 Å². The van der Waals surface area contributed by atoms with Crippen molar-refractivity contribution in [2.75, 3.05) is 20.0 Å². The molecule has 0 aliphatic carbocycles. The fraction of sp³-hybridized carbons (Fsp3) is 0.778. The zero-order valence-electron chi connectivity index (χ0n) is 9.51. The second-order valence-electron chi connectivity index (χ2n) is 2.19. The van der Waals surface area contributed by atoms with E-state index in [0.717, 1.165) is 26.1 Å². The average Bonchev–Trinajstić information content (AvgIpc) is 2.03. The molecule has 0 bridgehead atoms. The van der Waals surface area contributed by atoms with Gasteiger partial charge in [0.05, 0.1) is 6.61 Å². The molecule has 0 aliphatic heterocycles. The van der Waals surface area contributed by atoms with Crippen molar-refractivity contribution in [3.8, 4) is 0 Å². The molecule has 0 N–H and O–H groups in total. The third-order valence-corrected chi connectivity index (χ3v) is 1.20. The van der Waals surface area contributed by atoms with Crippen LogP contribution in [-0.4, -0.2) is 20.0 Å².